The first kappa shape index (κ1) is 17.6. The van der Waals surface area contributed by atoms with E-state index in [1.165, 1.54) is 11.3 Å². The zero-order chi connectivity index (χ0) is 18.6. The molecule has 0 unspecified atom stereocenters. The molecule has 0 atom stereocenters. The maximum atomic E-state index is 12.1. The highest BCUT2D eigenvalue weighted by atomic mass is 79.9. The minimum absolute atomic E-state index is 0.265. The maximum Gasteiger partial charge on any atom is 0.363 e. The van der Waals surface area contributed by atoms with E-state index in [-0.39, 0.29) is 5.70 Å². The number of carbonyl (C=O) groups is 1. The Hall–Kier alpha value is -2.77. The van der Waals surface area contributed by atoms with Crippen LogP contribution in [0.2, 0.25) is 0 Å². The third-order valence-electron chi connectivity index (χ3n) is 3.75. The molecule has 0 radical (unpaired) electrons. The first-order chi connectivity index (χ1) is 13.2. The largest absolute Gasteiger partial charge is 0.487 e. The van der Waals surface area contributed by atoms with Gasteiger partial charge in [-0.2, -0.15) is 0 Å². The molecule has 0 bridgehead atoms. The van der Waals surface area contributed by atoms with Crippen molar-refractivity contribution >= 4 is 45.2 Å². The number of halogens is 1. The fourth-order valence-corrected chi connectivity index (χ4v) is 3.38. The molecule has 134 valence electrons. The molecular weight excluding hydrogens is 428 g/mol. The SMILES string of the molecule is O=C1OC(c2cccc(Br)c2)=N/C1=C\c1ccc(OCc2cscn2)cc1. The highest BCUT2D eigenvalue weighted by Gasteiger charge is 2.24. The molecule has 2 heterocycles. The monoisotopic (exact) mass is 440 g/mol. The lowest BCUT2D eigenvalue weighted by Gasteiger charge is -2.04. The summed E-state index contributed by atoms with van der Waals surface area (Å²) in [4.78, 5) is 20.6. The van der Waals surface area contributed by atoms with E-state index >= 15 is 0 Å². The van der Waals surface area contributed by atoms with Crippen molar-refractivity contribution in [3.63, 3.8) is 0 Å². The number of hydrogen-bond donors (Lipinski definition) is 0. The van der Waals surface area contributed by atoms with Crippen LogP contribution in [0, 0.1) is 0 Å². The van der Waals surface area contributed by atoms with Crippen LogP contribution in [-0.2, 0) is 16.1 Å². The van der Waals surface area contributed by atoms with Gasteiger partial charge >= 0.3 is 5.97 Å². The minimum atomic E-state index is -0.464. The molecule has 7 heteroatoms. The van der Waals surface area contributed by atoms with Gasteiger partial charge in [0.25, 0.3) is 0 Å². The predicted octanol–water partition coefficient (Wildman–Crippen LogP) is 4.83. The number of hydrogen-bond acceptors (Lipinski definition) is 6. The molecule has 0 fully saturated rings. The molecule has 0 amide bonds. The van der Waals surface area contributed by atoms with Crippen LogP contribution in [0.25, 0.3) is 6.08 Å². The fourth-order valence-electron chi connectivity index (χ4n) is 2.44. The summed E-state index contributed by atoms with van der Waals surface area (Å²) in [6.45, 7) is 0.427. The molecule has 3 aromatic rings. The molecule has 5 nitrogen and oxygen atoms in total. The van der Waals surface area contributed by atoms with E-state index in [0.717, 1.165) is 27.0 Å². The van der Waals surface area contributed by atoms with E-state index < -0.39 is 5.97 Å². The number of ether oxygens (including phenoxy) is 2. The van der Waals surface area contributed by atoms with Gasteiger partial charge in [0.05, 0.1) is 11.2 Å². The molecule has 27 heavy (non-hydrogen) atoms. The van der Waals surface area contributed by atoms with E-state index in [1.54, 1.807) is 11.6 Å². The van der Waals surface area contributed by atoms with Crippen LogP contribution >= 0.6 is 27.3 Å². The number of aromatic nitrogens is 1. The molecular formula is C20H13BrN2O3S. The molecule has 4 rings (SSSR count). The summed E-state index contributed by atoms with van der Waals surface area (Å²) in [6, 6.07) is 14.9. The summed E-state index contributed by atoms with van der Waals surface area (Å²) < 4.78 is 11.9. The van der Waals surface area contributed by atoms with Crippen LogP contribution in [0.1, 0.15) is 16.8 Å². The second-order valence-electron chi connectivity index (χ2n) is 5.68. The van der Waals surface area contributed by atoms with Crippen molar-refractivity contribution in [3.05, 3.63) is 86.4 Å². The Kier molecular flexibility index (Phi) is 5.13. The third-order valence-corrected chi connectivity index (χ3v) is 4.87. The van der Waals surface area contributed by atoms with E-state index in [4.69, 9.17) is 9.47 Å². The van der Waals surface area contributed by atoms with Gasteiger partial charge in [-0.25, -0.2) is 14.8 Å². The van der Waals surface area contributed by atoms with Gasteiger partial charge in [0.1, 0.15) is 12.4 Å². The predicted molar refractivity (Wildman–Crippen MR) is 108 cm³/mol. The second kappa shape index (κ2) is 7.85. The molecule has 0 saturated heterocycles. The quantitative estimate of drug-likeness (QED) is 0.421. The Morgan fingerprint density at radius 3 is 2.78 bits per heavy atom. The van der Waals surface area contributed by atoms with E-state index in [2.05, 4.69) is 25.9 Å². The highest BCUT2D eigenvalue weighted by Crippen LogP contribution is 2.22. The Balaban J connectivity index is 1.48. The molecule has 1 aliphatic rings. The van der Waals surface area contributed by atoms with E-state index in [1.807, 2.05) is 53.9 Å². The average molecular weight is 441 g/mol. The van der Waals surface area contributed by atoms with E-state index in [9.17, 15) is 4.79 Å². The lowest BCUT2D eigenvalue weighted by Crippen LogP contribution is -2.05. The highest BCUT2D eigenvalue weighted by molar-refractivity contribution is 9.10. The first-order valence-corrected chi connectivity index (χ1v) is 9.79. The van der Waals surface area contributed by atoms with Crippen molar-refractivity contribution in [2.24, 2.45) is 4.99 Å². The molecule has 0 spiro atoms. The fraction of sp³-hybridized carbons (Fsp3) is 0.0500. The Bertz CT molecular complexity index is 1030. The van der Waals surface area contributed by atoms with Crippen molar-refractivity contribution in [3.8, 4) is 5.75 Å². The molecule has 1 aliphatic heterocycles. The summed E-state index contributed by atoms with van der Waals surface area (Å²) in [7, 11) is 0. The van der Waals surface area contributed by atoms with Gasteiger partial charge in [0.2, 0.25) is 5.90 Å². The van der Waals surface area contributed by atoms with Gasteiger partial charge in [0.15, 0.2) is 5.70 Å². The Morgan fingerprint density at radius 1 is 1.19 bits per heavy atom. The normalized spacial score (nSPS) is 14.9. The molecule has 1 aromatic heterocycles. The van der Waals surface area contributed by atoms with Gasteiger partial charge in [-0.3, -0.25) is 0 Å². The number of cyclic esters (lactones) is 1. The summed E-state index contributed by atoms with van der Waals surface area (Å²) in [5.41, 5.74) is 4.52. The van der Waals surface area contributed by atoms with Crippen LogP contribution in [0.4, 0.5) is 0 Å². The smallest absolute Gasteiger partial charge is 0.363 e. The third kappa shape index (κ3) is 4.32. The van der Waals surface area contributed by atoms with Crippen molar-refractivity contribution in [1.82, 2.24) is 4.98 Å². The van der Waals surface area contributed by atoms with Crippen molar-refractivity contribution in [2.45, 2.75) is 6.61 Å². The maximum absolute atomic E-state index is 12.1. The molecule has 0 aliphatic carbocycles. The number of aliphatic imine (C=N–C) groups is 1. The van der Waals surface area contributed by atoms with Crippen LogP contribution < -0.4 is 4.74 Å². The number of rotatable bonds is 5. The second-order valence-corrected chi connectivity index (χ2v) is 7.32. The van der Waals surface area contributed by atoms with Crippen molar-refractivity contribution in [2.75, 3.05) is 0 Å². The summed E-state index contributed by atoms with van der Waals surface area (Å²) in [5.74, 6) is 0.571. The minimum Gasteiger partial charge on any atom is -0.487 e. The summed E-state index contributed by atoms with van der Waals surface area (Å²) in [6.07, 6.45) is 1.69. The number of esters is 1. The van der Waals surface area contributed by atoms with Crippen LogP contribution in [-0.4, -0.2) is 16.9 Å². The van der Waals surface area contributed by atoms with Gasteiger partial charge in [-0.15, -0.1) is 11.3 Å². The lowest BCUT2D eigenvalue weighted by molar-refractivity contribution is -0.129. The number of nitrogens with zero attached hydrogens (tertiary/aromatic N) is 2. The standard InChI is InChI=1S/C20H13BrN2O3S/c21-15-3-1-2-14(9-15)19-23-18(20(24)26-19)8-13-4-6-17(7-5-13)25-10-16-11-27-12-22-16/h1-9,11-12H,10H2/b18-8-. The van der Waals surface area contributed by atoms with Crippen LogP contribution in [0.15, 0.2) is 74.6 Å². The summed E-state index contributed by atoms with van der Waals surface area (Å²) in [5, 5.41) is 1.95. The van der Waals surface area contributed by atoms with Gasteiger partial charge < -0.3 is 9.47 Å². The Labute approximate surface area is 168 Å². The zero-order valence-electron chi connectivity index (χ0n) is 14.0. The Morgan fingerprint density at radius 2 is 2.04 bits per heavy atom. The van der Waals surface area contributed by atoms with Gasteiger partial charge in [-0.1, -0.05) is 34.1 Å². The van der Waals surface area contributed by atoms with Crippen LogP contribution in [0.5, 0.6) is 5.75 Å². The van der Waals surface area contributed by atoms with Gasteiger partial charge in [0, 0.05) is 15.4 Å². The molecule has 0 saturated carbocycles. The first-order valence-electron chi connectivity index (χ1n) is 8.06. The molecule has 2 aromatic carbocycles. The summed E-state index contributed by atoms with van der Waals surface area (Å²) >= 11 is 4.94. The lowest BCUT2D eigenvalue weighted by atomic mass is 10.2. The van der Waals surface area contributed by atoms with Crippen molar-refractivity contribution < 1.29 is 14.3 Å². The van der Waals surface area contributed by atoms with Crippen LogP contribution in [0.3, 0.4) is 0 Å². The number of thiazole rings is 1. The van der Waals surface area contributed by atoms with Gasteiger partial charge in [-0.05, 0) is 42.0 Å². The van der Waals surface area contributed by atoms with E-state index in [0.29, 0.717) is 12.5 Å². The topological polar surface area (TPSA) is 60.8 Å². The number of benzene rings is 2. The molecule has 0 N–H and O–H groups in total. The van der Waals surface area contributed by atoms with Crippen molar-refractivity contribution in [1.29, 1.82) is 0 Å². The average Bonchev–Trinajstić information content (AvgIpc) is 3.31. The number of carbonyl (C=O) groups excluding carboxylic acids is 1. The zero-order valence-corrected chi connectivity index (χ0v) is 16.4.